The van der Waals surface area contributed by atoms with Crippen LogP contribution in [0.5, 0.6) is 0 Å². The van der Waals surface area contributed by atoms with Crippen LogP contribution < -0.4 is 4.72 Å². The SMILES string of the molecule is CS(=O)(=O)c1ccc(F)c(S(=O)(=O)NCc2ccoc2)c1. The molecular weight excluding hydrogens is 321 g/mol. The van der Waals surface area contributed by atoms with Gasteiger partial charge in [0.15, 0.2) is 9.84 Å². The van der Waals surface area contributed by atoms with Gasteiger partial charge in [-0.25, -0.2) is 25.9 Å². The second-order valence-electron chi connectivity index (χ2n) is 4.32. The van der Waals surface area contributed by atoms with E-state index < -0.39 is 30.6 Å². The number of sulfone groups is 1. The van der Waals surface area contributed by atoms with Crippen LogP contribution in [0.25, 0.3) is 0 Å². The van der Waals surface area contributed by atoms with Crippen molar-refractivity contribution in [1.82, 2.24) is 4.72 Å². The minimum Gasteiger partial charge on any atom is -0.472 e. The van der Waals surface area contributed by atoms with E-state index in [0.717, 1.165) is 24.5 Å². The van der Waals surface area contributed by atoms with Gasteiger partial charge in [0.1, 0.15) is 10.7 Å². The molecule has 1 N–H and O–H groups in total. The first-order valence-electron chi connectivity index (χ1n) is 5.70. The highest BCUT2D eigenvalue weighted by atomic mass is 32.2. The Kier molecular flexibility index (Phi) is 4.17. The van der Waals surface area contributed by atoms with Crippen molar-refractivity contribution < 1.29 is 25.6 Å². The average Bonchev–Trinajstić information content (AvgIpc) is 2.88. The van der Waals surface area contributed by atoms with Gasteiger partial charge < -0.3 is 4.42 Å². The standard InChI is InChI=1S/C12H12FNO5S2/c1-20(15,16)10-2-3-11(13)12(6-10)21(17,18)14-7-9-4-5-19-8-9/h2-6,8,14H,7H2,1H3. The lowest BCUT2D eigenvalue weighted by molar-refractivity contribution is 0.552. The van der Waals surface area contributed by atoms with E-state index in [1.54, 1.807) is 6.07 Å². The minimum absolute atomic E-state index is 0.0959. The van der Waals surface area contributed by atoms with Crippen molar-refractivity contribution >= 4 is 19.9 Å². The fourth-order valence-electron chi connectivity index (χ4n) is 1.57. The van der Waals surface area contributed by atoms with Crippen LogP contribution in [0.2, 0.25) is 0 Å². The van der Waals surface area contributed by atoms with Crippen molar-refractivity contribution in [2.24, 2.45) is 0 Å². The lowest BCUT2D eigenvalue weighted by atomic mass is 10.3. The molecule has 0 aliphatic carbocycles. The predicted molar refractivity (Wildman–Crippen MR) is 72.2 cm³/mol. The summed E-state index contributed by atoms with van der Waals surface area (Å²) in [7, 11) is -7.82. The van der Waals surface area contributed by atoms with E-state index in [0.29, 0.717) is 5.56 Å². The molecule has 0 saturated heterocycles. The molecule has 0 fully saturated rings. The molecule has 21 heavy (non-hydrogen) atoms. The zero-order chi connectivity index (χ0) is 15.7. The van der Waals surface area contributed by atoms with E-state index in [-0.39, 0.29) is 11.4 Å². The molecule has 1 aromatic heterocycles. The molecule has 2 aromatic rings. The molecule has 0 atom stereocenters. The Morgan fingerprint density at radius 1 is 1.19 bits per heavy atom. The van der Waals surface area contributed by atoms with Crippen molar-refractivity contribution in [3.05, 3.63) is 48.2 Å². The quantitative estimate of drug-likeness (QED) is 0.833. The van der Waals surface area contributed by atoms with Gasteiger partial charge in [-0.1, -0.05) is 0 Å². The first-order chi connectivity index (χ1) is 9.70. The third-order valence-electron chi connectivity index (χ3n) is 2.67. The molecule has 0 aliphatic rings. The van der Waals surface area contributed by atoms with Crippen LogP contribution in [0, 0.1) is 5.82 Å². The highest BCUT2D eigenvalue weighted by Gasteiger charge is 2.21. The summed E-state index contributed by atoms with van der Waals surface area (Å²) in [6.45, 7) is -0.0959. The van der Waals surface area contributed by atoms with E-state index in [2.05, 4.69) is 4.72 Å². The van der Waals surface area contributed by atoms with Crippen molar-refractivity contribution in [3.8, 4) is 0 Å². The normalized spacial score (nSPS) is 12.5. The van der Waals surface area contributed by atoms with Gasteiger partial charge in [0.05, 0.1) is 17.4 Å². The third kappa shape index (κ3) is 3.69. The van der Waals surface area contributed by atoms with E-state index in [1.165, 1.54) is 12.5 Å². The van der Waals surface area contributed by atoms with Crippen LogP contribution in [0.4, 0.5) is 4.39 Å². The van der Waals surface area contributed by atoms with Gasteiger partial charge in [0.25, 0.3) is 0 Å². The molecule has 0 unspecified atom stereocenters. The Hall–Kier alpha value is -1.71. The van der Waals surface area contributed by atoms with Gasteiger partial charge >= 0.3 is 0 Å². The number of nitrogens with one attached hydrogen (secondary N) is 1. The fraction of sp³-hybridized carbons (Fsp3) is 0.167. The van der Waals surface area contributed by atoms with Gasteiger partial charge in [0, 0.05) is 18.4 Å². The molecule has 0 bridgehead atoms. The van der Waals surface area contributed by atoms with Crippen LogP contribution in [-0.4, -0.2) is 23.1 Å². The molecule has 0 radical (unpaired) electrons. The van der Waals surface area contributed by atoms with Gasteiger partial charge in [0.2, 0.25) is 10.0 Å². The van der Waals surface area contributed by atoms with Crippen molar-refractivity contribution in [1.29, 1.82) is 0 Å². The highest BCUT2D eigenvalue weighted by Crippen LogP contribution is 2.19. The number of hydrogen-bond donors (Lipinski definition) is 1. The molecule has 9 heteroatoms. The Balaban J connectivity index is 2.35. The molecule has 114 valence electrons. The summed E-state index contributed by atoms with van der Waals surface area (Å²) in [6, 6.07) is 4.16. The molecule has 1 heterocycles. The smallest absolute Gasteiger partial charge is 0.243 e. The van der Waals surface area contributed by atoms with Crippen LogP contribution >= 0.6 is 0 Å². The number of hydrogen-bond acceptors (Lipinski definition) is 5. The summed E-state index contributed by atoms with van der Waals surface area (Å²) in [5, 5.41) is 0. The summed E-state index contributed by atoms with van der Waals surface area (Å²) in [4.78, 5) is -0.985. The fourth-order valence-corrected chi connectivity index (χ4v) is 3.41. The van der Waals surface area contributed by atoms with Gasteiger partial charge in [-0.3, -0.25) is 0 Å². The van der Waals surface area contributed by atoms with Crippen molar-refractivity contribution in [2.75, 3.05) is 6.26 Å². The Morgan fingerprint density at radius 2 is 1.90 bits per heavy atom. The molecule has 0 spiro atoms. The predicted octanol–water partition coefficient (Wildman–Crippen LogP) is 1.30. The Bertz CT molecular complexity index is 842. The van der Waals surface area contributed by atoms with Gasteiger partial charge in [-0.05, 0) is 24.3 Å². The van der Waals surface area contributed by atoms with Crippen LogP contribution in [-0.2, 0) is 26.4 Å². The van der Waals surface area contributed by atoms with E-state index in [4.69, 9.17) is 4.42 Å². The number of halogens is 1. The highest BCUT2D eigenvalue weighted by molar-refractivity contribution is 7.91. The molecule has 0 saturated carbocycles. The van der Waals surface area contributed by atoms with Gasteiger partial charge in [-0.15, -0.1) is 0 Å². The maximum Gasteiger partial charge on any atom is 0.243 e. The van der Waals surface area contributed by atoms with Crippen LogP contribution in [0.1, 0.15) is 5.56 Å². The number of furan rings is 1. The minimum atomic E-state index is -4.18. The maximum absolute atomic E-state index is 13.7. The average molecular weight is 333 g/mol. The maximum atomic E-state index is 13.7. The number of rotatable bonds is 5. The summed E-state index contributed by atoms with van der Waals surface area (Å²) in [6.07, 6.45) is 3.62. The monoisotopic (exact) mass is 333 g/mol. The number of sulfonamides is 1. The second-order valence-corrected chi connectivity index (χ2v) is 8.07. The molecule has 0 aliphatic heterocycles. The van der Waals surface area contributed by atoms with E-state index in [1.807, 2.05) is 0 Å². The largest absolute Gasteiger partial charge is 0.472 e. The van der Waals surface area contributed by atoms with E-state index in [9.17, 15) is 21.2 Å². The van der Waals surface area contributed by atoms with Crippen LogP contribution in [0.3, 0.4) is 0 Å². The zero-order valence-corrected chi connectivity index (χ0v) is 12.5. The first kappa shape index (κ1) is 15.7. The lowest BCUT2D eigenvalue weighted by Crippen LogP contribution is -2.24. The molecule has 1 aromatic carbocycles. The Morgan fingerprint density at radius 3 is 2.48 bits per heavy atom. The second kappa shape index (κ2) is 5.58. The topological polar surface area (TPSA) is 93.5 Å². The third-order valence-corrected chi connectivity index (χ3v) is 5.19. The van der Waals surface area contributed by atoms with Gasteiger partial charge in [-0.2, -0.15) is 0 Å². The van der Waals surface area contributed by atoms with Crippen LogP contribution in [0.15, 0.2) is 51.0 Å². The summed E-state index contributed by atoms with van der Waals surface area (Å²) in [5.41, 5.74) is 0.554. The Labute approximate surface area is 121 Å². The molecule has 0 amide bonds. The number of benzene rings is 1. The summed E-state index contributed by atoms with van der Waals surface area (Å²) in [5.74, 6) is -1.03. The summed E-state index contributed by atoms with van der Waals surface area (Å²) >= 11 is 0. The van der Waals surface area contributed by atoms with Crippen molar-refractivity contribution in [2.45, 2.75) is 16.3 Å². The molecular formula is C12H12FNO5S2. The van der Waals surface area contributed by atoms with Crippen molar-refractivity contribution in [3.63, 3.8) is 0 Å². The summed E-state index contributed by atoms with van der Waals surface area (Å²) < 4.78 is 67.6. The molecule has 2 rings (SSSR count). The lowest BCUT2D eigenvalue weighted by Gasteiger charge is -2.08. The molecule has 6 nitrogen and oxygen atoms in total. The zero-order valence-electron chi connectivity index (χ0n) is 10.9. The van der Waals surface area contributed by atoms with E-state index >= 15 is 0 Å². The first-order valence-corrected chi connectivity index (χ1v) is 9.08.